The molecule has 0 spiro atoms. The minimum atomic E-state index is 0.612. The van der Waals surface area contributed by atoms with E-state index in [1.165, 1.54) is 0 Å². The Morgan fingerprint density at radius 1 is 1.29 bits per heavy atom. The zero-order chi connectivity index (χ0) is 17.4. The molecule has 0 bridgehead atoms. The van der Waals surface area contributed by atoms with Gasteiger partial charge in [-0.15, -0.1) is 0 Å². The number of rotatable bonds is 7. The van der Waals surface area contributed by atoms with Crippen LogP contribution in [0.15, 0.2) is 27.7 Å². The molecule has 0 aliphatic carbocycles. The second-order valence-corrected chi connectivity index (χ2v) is 5.53. The Hall–Kier alpha value is -2.28. The number of hydrogen-bond acceptors (Lipinski definition) is 5. The number of methoxy groups -OCH3 is 1. The summed E-state index contributed by atoms with van der Waals surface area (Å²) in [5.41, 5.74) is 1.06. The fourth-order valence-electron chi connectivity index (χ4n) is 2.12. The van der Waals surface area contributed by atoms with E-state index >= 15 is 0 Å². The van der Waals surface area contributed by atoms with E-state index in [1.54, 1.807) is 21.1 Å². The van der Waals surface area contributed by atoms with Crippen molar-refractivity contribution in [1.82, 2.24) is 20.8 Å². The smallest absolute Gasteiger partial charge is 0.228 e. The Balaban J connectivity index is 1.73. The van der Waals surface area contributed by atoms with Crippen molar-refractivity contribution in [3.63, 3.8) is 0 Å². The van der Waals surface area contributed by atoms with Crippen molar-refractivity contribution in [2.45, 2.75) is 19.8 Å². The lowest BCUT2D eigenvalue weighted by Crippen LogP contribution is -2.39. The van der Waals surface area contributed by atoms with E-state index in [9.17, 15) is 0 Å². The summed E-state index contributed by atoms with van der Waals surface area (Å²) in [5, 5.41) is 10.9. The van der Waals surface area contributed by atoms with Crippen LogP contribution in [-0.4, -0.2) is 43.3 Å². The van der Waals surface area contributed by atoms with Crippen LogP contribution in [0.1, 0.15) is 17.3 Å². The highest BCUT2D eigenvalue weighted by molar-refractivity contribution is 6.31. The van der Waals surface area contributed by atoms with E-state index in [0.717, 1.165) is 23.7 Å². The average molecular weight is 352 g/mol. The molecule has 0 atom stereocenters. The Morgan fingerprint density at radius 2 is 2.04 bits per heavy atom. The van der Waals surface area contributed by atoms with Gasteiger partial charge in [-0.25, -0.2) is 0 Å². The average Bonchev–Trinajstić information content (AvgIpc) is 3.00. The van der Waals surface area contributed by atoms with Gasteiger partial charge in [0.05, 0.1) is 7.11 Å². The van der Waals surface area contributed by atoms with Crippen LogP contribution in [0.2, 0.25) is 5.02 Å². The molecule has 1 heterocycles. The van der Waals surface area contributed by atoms with Gasteiger partial charge < -0.3 is 19.9 Å². The van der Waals surface area contributed by atoms with Gasteiger partial charge in [0.1, 0.15) is 5.75 Å². The number of aryl methyl sites for hydroxylation is 1. The molecule has 0 radical (unpaired) electrons. The summed E-state index contributed by atoms with van der Waals surface area (Å²) in [6.07, 6.45) is 1.43. The van der Waals surface area contributed by atoms with Gasteiger partial charge in [-0.05, 0) is 31.0 Å². The first kappa shape index (κ1) is 18.1. The van der Waals surface area contributed by atoms with Crippen molar-refractivity contribution in [2.75, 3.05) is 27.2 Å². The predicted octanol–water partition coefficient (Wildman–Crippen LogP) is 1.99. The molecule has 0 saturated carbocycles. The topological polar surface area (TPSA) is 84.6 Å². The number of ether oxygens (including phenoxy) is 1. The molecule has 0 aliphatic rings. The molecule has 0 aliphatic heterocycles. The minimum Gasteiger partial charge on any atom is -0.497 e. The van der Waals surface area contributed by atoms with E-state index in [4.69, 9.17) is 20.9 Å². The second kappa shape index (κ2) is 9.12. The highest BCUT2D eigenvalue weighted by Crippen LogP contribution is 2.22. The summed E-state index contributed by atoms with van der Waals surface area (Å²) in [4.78, 5) is 8.34. The maximum absolute atomic E-state index is 6.23. The highest BCUT2D eigenvalue weighted by Gasteiger charge is 2.05. The fraction of sp³-hybridized carbons (Fsp3) is 0.438. The van der Waals surface area contributed by atoms with Crippen LogP contribution in [0.5, 0.6) is 5.75 Å². The standard InChI is InChI=1S/C16H22ClN5O2/c1-11-21-15(24-22-11)7-9-20-16(18-2)19-8-6-12-4-5-13(23-3)10-14(12)17/h4-5,10H,6-9H2,1-3H3,(H2,18,19,20). The summed E-state index contributed by atoms with van der Waals surface area (Å²) in [6, 6.07) is 5.69. The zero-order valence-electron chi connectivity index (χ0n) is 14.1. The lowest BCUT2D eigenvalue weighted by Gasteiger charge is -2.12. The molecule has 130 valence electrons. The van der Waals surface area contributed by atoms with Gasteiger partial charge in [0.2, 0.25) is 5.89 Å². The summed E-state index contributed by atoms with van der Waals surface area (Å²) < 4.78 is 10.2. The second-order valence-electron chi connectivity index (χ2n) is 5.12. The van der Waals surface area contributed by atoms with Gasteiger partial charge in [0.15, 0.2) is 11.8 Å². The quantitative estimate of drug-likeness (QED) is 0.586. The van der Waals surface area contributed by atoms with Gasteiger partial charge >= 0.3 is 0 Å². The number of nitrogens with one attached hydrogen (secondary N) is 2. The van der Waals surface area contributed by atoms with Crippen LogP contribution >= 0.6 is 11.6 Å². The first-order valence-electron chi connectivity index (χ1n) is 7.68. The third-order valence-electron chi connectivity index (χ3n) is 3.37. The number of nitrogens with zero attached hydrogens (tertiary/aromatic N) is 3. The third-order valence-corrected chi connectivity index (χ3v) is 3.72. The molecular weight excluding hydrogens is 330 g/mol. The van der Waals surface area contributed by atoms with Crippen LogP contribution in [0.25, 0.3) is 0 Å². The summed E-state index contributed by atoms with van der Waals surface area (Å²) in [5.74, 6) is 2.73. The normalized spacial score (nSPS) is 11.4. The maximum Gasteiger partial charge on any atom is 0.228 e. The molecule has 0 saturated heterocycles. The minimum absolute atomic E-state index is 0.612. The number of benzene rings is 1. The number of guanidine groups is 1. The Bertz CT molecular complexity index is 687. The highest BCUT2D eigenvalue weighted by atomic mass is 35.5. The number of aliphatic imine (C=N–C) groups is 1. The van der Waals surface area contributed by atoms with E-state index in [1.807, 2.05) is 18.2 Å². The monoisotopic (exact) mass is 351 g/mol. The molecule has 24 heavy (non-hydrogen) atoms. The molecule has 1 aromatic heterocycles. The first-order valence-corrected chi connectivity index (χ1v) is 8.06. The molecule has 0 amide bonds. The number of halogens is 1. The Labute approximate surface area is 146 Å². The van der Waals surface area contributed by atoms with E-state index in [2.05, 4.69) is 25.8 Å². The molecular formula is C16H22ClN5O2. The molecule has 0 fully saturated rings. The van der Waals surface area contributed by atoms with E-state index in [0.29, 0.717) is 36.2 Å². The van der Waals surface area contributed by atoms with Crippen LogP contribution in [-0.2, 0) is 12.8 Å². The Morgan fingerprint density at radius 3 is 2.62 bits per heavy atom. The number of aromatic nitrogens is 2. The van der Waals surface area contributed by atoms with Crippen molar-refractivity contribution in [3.05, 3.63) is 40.5 Å². The van der Waals surface area contributed by atoms with Gasteiger partial charge in [-0.1, -0.05) is 22.8 Å². The summed E-state index contributed by atoms with van der Waals surface area (Å²) in [6.45, 7) is 3.17. The molecule has 7 nitrogen and oxygen atoms in total. The van der Waals surface area contributed by atoms with E-state index in [-0.39, 0.29) is 0 Å². The van der Waals surface area contributed by atoms with Gasteiger partial charge in [-0.3, -0.25) is 4.99 Å². The largest absolute Gasteiger partial charge is 0.497 e. The van der Waals surface area contributed by atoms with Crippen molar-refractivity contribution >= 4 is 17.6 Å². The molecule has 8 heteroatoms. The Kier molecular flexibility index (Phi) is 6.87. The molecule has 0 unspecified atom stereocenters. The molecule has 2 aromatic rings. The molecule has 2 rings (SSSR count). The van der Waals surface area contributed by atoms with Crippen LogP contribution < -0.4 is 15.4 Å². The first-order chi connectivity index (χ1) is 11.6. The number of hydrogen-bond donors (Lipinski definition) is 2. The predicted molar refractivity (Wildman–Crippen MR) is 93.8 cm³/mol. The van der Waals surface area contributed by atoms with E-state index < -0.39 is 0 Å². The van der Waals surface area contributed by atoms with Crippen LogP contribution in [0, 0.1) is 6.92 Å². The molecule has 1 aromatic carbocycles. The van der Waals surface area contributed by atoms with Crippen molar-refractivity contribution in [3.8, 4) is 5.75 Å². The van der Waals surface area contributed by atoms with Gasteiger partial charge in [-0.2, -0.15) is 4.98 Å². The fourth-order valence-corrected chi connectivity index (χ4v) is 2.39. The van der Waals surface area contributed by atoms with Crippen LogP contribution in [0.4, 0.5) is 0 Å². The van der Waals surface area contributed by atoms with Crippen molar-refractivity contribution in [1.29, 1.82) is 0 Å². The zero-order valence-corrected chi connectivity index (χ0v) is 14.9. The third kappa shape index (κ3) is 5.42. The van der Waals surface area contributed by atoms with Gasteiger partial charge in [0, 0.05) is 31.6 Å². The lowest BCUT2D eigenvalue weighted by atomic mass is 10.1. The SMILES string of the molecule is CN=C(NCCc1nc(C)no1)NCCc1ccc(OC)cc1Cl. The van der Waals surface area contributed by atoms with Crippen molar-refractivity contribution < 1.29 is 9.26 Å². The summed E-state index contributed by atoms with van der Waals surface area (Å²) in [7, 11) is 3.35. The van der Waals surface area contributed by atoms with Crippen LogP contribution in [0.3, 0.4) is 0 Å². The maximum atomic E-state index is 6.23. The lowest BCUT2D eigenvalue weighted by molar-refractivity contribution is 0.374. The summed E-state index contributed by atoms with van der Waals surface area (Å²) >= 11 is 6.23. The van der Waals surface area contributed by atoms with Crippen molar-refractivity contribution in [2.24, 2.45) is 4.99 Å². The van der Waals surface area contributed by atoms with Gasteiger partial charge in [0.25, 0.3) is 0 Å². The molecule has 2 N–H and O–H groups in total.